The fourth-order valence-electron chi connectivity index (χ4n) is 6.25. The van der Waals surface area contributed by atoms with Crippen molar-refractivity contribution in [3.8, 4) is 67.9 Å². The van der Waals surface area contributed by atoms with Crippen LogP contribution in [0, 0.1) is 0 Å². The van der Waals surface area contributed by atoms with Crippen molar-refractivity contribution in [2.24, 2.45) is 0 Å². The molecule has 9 aromatic rings. The van der Waals surface area contributed by atoms with Gasteiger partial charge in [0.05, 0.1) is 0 Å². The minimum Gasteiger partial charge on any atom is -0.436 e. The van der Waals surface area contributed by atoms with E-state index >= 15 is 0 Å². The van der Waals surface area contributed by atoms with E-state index in [1.807, 2.05) is 109 Å². The molecule has 0 aliphatic carbocycles. The van der Waals surface area contributed by atoms with Crippen molar-refractivity contribution in [2.75, 3.05) is 0 Å². The molecule has 49 heavy (non-hydrogen) atoms. The first-order valence-corrected chi connectivity index (χ1v) is 16.1. The zero-order valence-electron chi connectivity index (χ0n) is 26.2. The molecule has 0 atom stereocenters. The second-order valence-electron chi connectivity index (χ2n) is 11.8. The number of hydrogen-bond donors (Lipinski definition) is 0. The van der Waals surface area contributed by atoms with Crippen molar-refractivity contribution in [3.63, 3.8) is 0 Å². The molecule has 0 saturated carbocycles. The Morgan fingerprint density at radius 3 is 1.73 bits per heavy atom. The normalized spacial score (nSPS) is 11.3. The Labute approximate surface area is 282 Å². The molecule has 6 heteroatoms. The number of hydrogen-bond acceptors (Lipinski definition) is 6. The molecule has 6 aromatic carbocycles. The van der Waals surface area contributed by atoms with Gasteiger partial charge in [0.2, 0.25) is 5.89 Å². The van der Waals surface area contributed by atoms with Gasteiger partial charge in [-0.15, -0.1) is 0 Å². The van der Waals surface area contributed by atoms with Crippen LogP contribution in [0.25, 0.3) is 89.7 Å². The van der Waals surface area contributed by atoms with Crippen LogP contribution in [0.2, 0.25) is 0 Å². The molecule has 230 valence electrons. The van der Waals surface area contributed by atoms with Crippen LogP contribution in [0.5, 0.6) is 0 Å². The SMILES string of the molecule is c1ccc(-c2nc(-c3ccccc3)nc(-c3ccc(-c4ccc5nc(-c6ccccc6)oc5c4)c(-c4cccc5cnccc45)c3)n2)cc1. The lowest BCUT2D eigenvalue weighted by Gasteiger charge is -2.15. The molecule has 0 aliphatic heterocycles. The molecule has 9 rings (SSSR count). The standard InChI is InChI=1S/C43H27N5O/c1-4-11-28(12-5-1)40-46-41(29-13-6-2-7-14-29)48-42(47-40)32-19-21-34(37(25-32)36-18-10-17-33-27-44-24-23-35(33)36)31-20-22-38-39(26-31)49-43(45-38)30-15-8-3-9-16-30/h1-27H. The van der Waals surface area contributed by atoms with Crippen LogP contribution >= 0.6 is 0 Å². The fraction of sp³-hybridized carbons (Fsp3) is 0. The lowest BCUT2D eigenvalue weighted by atomic mass is 9.90. The van der Waals surface area contributed by atoms with Crippen molar-refractivity contribution < 1.29 is 4.42 Å². The van der Waals surface area contributed by atoms with E-state index in [2.05, 4.69) is 59.6 Å². The maximum Gasteiger partial charge on any atom is 0.227 e. The van der Waals surface area contributed by atoms with Gasteiger partial charge in [-0.05, 0) is 64.0 Å². The lowest BCUT2D eigenvalue weighted by molar-refractivity contribution is 0.620. The number of nitrogens with zero attached hydrogens (tertiary/aromatic N) is 5. The van der Waals surface area contributed by atoms with Gasteiger partial charge in [-0.3, -0.25) is 4.98 Å². The highest BCUT2D eigenvalue weighted by atomic mass is 16.3. The van der Waals surface area contributed by atoms with Crippen LogP contribution in [-0.2, 0) is 0 Å². The summed E-state index contributed by atoms with van der Waals surface area (Å²) < 4.78 is 6.29. The van der Waals surface area contributed by atoms with Crippen LogP contribution in [0.3, 0.4) is 0 Å². The van der Waals surface area contributed by atoms with Gasteiger partial charge in [0.25, 0.3) is 0 Å². The van der Waals surface area contributed by atoms with Crippen molar-refractivity contribution in [3.05, 3.63) is 164 Å². The Morgan fingerprint density at radius 1 is 0.408 bits per heavy atom. The molecular formula is C43H27N5O. The predicted octanol–water partition coefficient (Wildman–Crippen LogP) is 10.6. The van der Waals surface area contributed by atoms with Crippen LogP contribution in [0.1, 0.15) is 0 Å². The third-order valence-corrected chi connectivity index (χ3v) is 8.67. The van der Waals surface area contributed by atoms with Crippen molar-refractivity contribution in [1.82, 2.24) is 24.9 Å². The Hall–Kier alpha value is -6.79. The third-order valence-electron chi connectivity index (χ3n) is 8.67. The predicted molar refractivity (Wildman–Crippen MR) is 195 cm³/mol. The summed E-state index contributed by atoms with van der Waals surface area (Å²) in [6, 6.07) is 51.0. The average Bonchev–Trinajstić information content (AvgIpc) is 3.62. The van der Waals surface area contributed by atoms with E-state index in [1.54, 1.807) is 0 Å². The van der Waals surface area contributed by atoms with Crippen molar-refractivity contribution >= 4 is 21.9 Å². The first kappa shape index (κ1) is 28.4. The fourth-order valence-corrected chi connectivity index (χ4v) is 6.25. The molecule has 3 heterocycles. The summed E-state index contributed by atoms with van der Waals surface area (Å²) in [4.78, 5) is 24.1. The molecule has 0 radical (unpaired) electrons. The summed E-state index contributed by atoms with van der Waals surface area (Å²) in [5.41, 5.74) is 9.41. The maximum atomic E-state index is 6.29. The maximum absolute atomic E-state index is 6.29. The van der Waals surface area contributed by atoms with Gasteiger partial charge in [0, 0.05) is 40.0 Å². The molecule has 0 bridgehead atoms. The highest BCUT2D eigenvalue weighted by Crippen LogP contribution is 2.40. The largest absolute Gasteiger partial charge is 0.436 e. The quantitative estimate of drug-likeness (QED) is 0.182. The van der Waals surface area contributed by atoms with E-state index in [4.69, 9.17) is 24.4 Å². The molecule has 3 aromatic heterocycles. The Balaban J connectivity index is 1.25. The average molecular weight is 630 g/mol. The molecule has 0 saturated heterocycles. The van der Waals surface area contributed by atoms with Gasteiger partial charge in [-0.1, -0.05) is 115 Å². The Bertz CT molecular complexity index is 2540. The first-order valence-electron chi connectivity index (χ1n) is 16.1. The second kappa shape index (κ2) is 12.1. The van der Waals surface area contributed by atoms with Gasteiger partial charge in [0.15, 0.2) is 23.1 Å². The summed E-state index contributed by atoms with van der Waals surface area (Å²) in [5, 5.41) is 2.17. The summed E-state index contributed by atoms with van der Waals surface area (Å²) >= 11 is 0. The molecule has 0 N–H and O–H groups in total. The van der Waals surface area contributed by atoms with Crippen LogP contribution in [-0.4, -0.2) is 24.9 Å². The number of fused-ring (bicyclic) bond motifs is 2. The summed E-state index contributed by atoms with van der Waals surface area (Å²) in [7, 11) is 0. The zero-order chi connectivity index (χ0) is 32.6. The molecule has 0 aliphatic rings. The van der Waals surface area contributed by atoms with Gasteiger partial charge in [-0.2, -0.15) is 0 Å². The zero-order valence-corrected chi connectivity index (χ0v) is 26.2. The highest BCUT2D eigenvalue weighted by Gasteiger charge is 2.18. The first-order chi connectivity index (χ1) is 24.3. The molecule has 0 spiro atoms. The van der Waals surface area contributed by atoms with Gasteiger partial charge in [-0.25, -0.2) is 19.9 Å². The minimum atomic E-state index is 0.598. The number of rotatable bonds is 6. The number of pyridine rings is 1. The summed E-state index contributed by atoms with van der Waals surface area (Å²) in [5.74, 6) is 2.44. The van der Waals surface area contributed by atoms with Gasteiger partial charge < -0.3 is 4.42 Å². The number of oxazole rings is 1. The van der Waals surface area contributed by atoms with Crippen LogP contribution in [0.4, 0.5) is 0 Å². The second-order valence-corrected chi connectivity index (χ2v) is 11.8. The van der Waals surface area contributed by atoms with Crippen molar-refractivity contribution in [2.45, 2.75) is 0 Å². The van der Waals surface area contributed by atoms with E-state index in [0.29, 0.717) is 23.4 Å². The smallest absolute Gasteiger partial charge is 0.227 e. The Morgan fingerprint density at radius 2 is 1.04 bits per heavy atom. The number of aromatic nitrogens is 5. The highest BCUT2D eigenvalue weighted by molar-refractivity contribution is 6.01. The molecular weight excluding hydrogens is 603 g/mol. The molecule has 0 fully saturated rings. The molecule has 6 nitrogen and oxygen atoms in total. The monoisotopic (exact) mass is 629 g/mol. The van der Waals surface area contributed by atoms with Crippen LogP contribution < -0.4 is 0 Å². The summed E-state index contributed by atoms with van der Waals surface area (Å²) in [6.45, 7) is 0. The van der Waals surface area contributed by atoms with Crippen molar-refractivity contribution in [1.29, 1.82) is 0 Å². The van der Waals surface area contributed by atoms with E-state index < -0.39 is 0 Å². The minimum absolute atomic E-state index is 0.598. The summed E-state index contributed by atoms with van der Waals surface area (Å²) in [6.07, 6.45) is 3.74. The van der Waals surface area contributed by atoms with Gasteiger partial charge in [0.1, 0.15) is 5.52 Å². The third kappa shape index (κ3) is 5.41. The topological polar surface area (TPSA) is 77.6 Å². The van der Waals surface area contributed by atoms with Gasteiger partial charge >= 0.3 is 0 Å². The van der Waals surface area contributed by atoms with E-state index in [1.165, 1.54) is 0 Å². The Kier molecular flexibility index (Phi) is 7.02. The van der Waals surface area contributed by atoms with Crippen LogP contribution in [0.15, 0.2) is 168 Å². The molecule has 0 unspecified atom stereocenters. The lowest BCUT2D eigenvalue weighted by Crippen LogP contribution is -2.00. The van der Waals surface area contributed by atoms with E-state index in [0.717, 1.165) is 66.4 Å². The van der Waals surface area contributed by atoms with E-state index in [-0.39, 0.29) is 0 Å². The molecule has 0 amide bonds. The van der Waals surface area contributed by atoms with E-state index in [9.17, 15) is 0 Å². The number of benzene rings is 6.